The number of nitrogens with zero attached hydrogens (tertiary/aromatic N) is 1. The van der Waals surface area contributed by atoms with E-state index in [9.17, 15) is 13.2 Å². The van der Waals surface area contributed by atoms with Crippen molar-refractivity contribution < 1.29 is 13.2 Å². The van der Waals surface area contributed by atoms with Gasteiger partial charge >= 0.3 is 6.18 Å². The molecule has 0 amide bonds. The first kappa shape index (κ1) is 13.4. The Morgan fingerprint density at radius 3 is 2.67 bits per heavy atom. The number of halogens is 3. The molecule has 2 N–H and O–H groups in total. The Balaban J connectivity index is 2.28. The predicted molar refractivity (Wildman–Crippen MR) is 70.0 cm³/mol. The summed E-state index contributed by atoms with van der Waals surface area (Å²) in [5.74, 6) is 2.02. The number of rotatable bonds is 1. The highest BCUT2D eigenvalue weighted by atomic mass is 32.2. The molecule has 6 heteroatoms. The molecule has 1 aromatic rings. The van der Waals surface area contributed by atoms with Gasteiger partial charge in [-0.25, -0.2) is 0 Å². The van der Waals surface area contributed by atoms with E-state index < -0.39 is 11.7 Å². The van der Waals surface area contributed by atoms with Gasteiger partial charge in [-0.2, -0.15) is 24.9 Å². The molecule has 100 valence electrons. The summed E-state index contributed by atoms with van der Waals surface area (Å²) < 4.78 is 38.3. The van der Waals surface area contributed by atoms with Crippen LogP contribution in [-0.4, -0.2) is 24.6 Å². The molecule has 2 rings (SSSR count). The molecule has 0 bridgehead atoms. The third kappa shape index (κ3) is 3.04. The molecule has 0 spiro atoms. The normalized spacial score (nSPS) is 17.6. The fourth-order valence-corrected chi connectivity index (χ4v) is 2.88. The number of nitrogen functional groups attached to an aromatic ring is 1. The molecule has 1 aromatic carbocycles. The molecule has 0 unspecified atom stereocenters. The zero-order chi connectivity index (χ0) is 13.2. The van der Waals surface area contributed by atoms with E-state index in [4.69, 9.17) is 5.73 Å². The van der Waals surface area contributed by atoms with Gasteiger partial charge in [0, 0.05) is 30.2 Å². The van der Waals surface area contributed by atoms with Crippen LogP contribution < -0.4 is 10.6 Å². The molecule has 1 fully saturated rings. The maximum atomic E-state index is 12.8. The van der Waals surface area contributed by atoms with Crippen LogP contribution in [0.2, 0.25) is 0 Å². The van der Waals surface area contributed by atoms with Crippen molar-refractivity contribution in [2.45, 2.75) is 12.6 Å². The fraction of sp³-hybridized carbons (Fsp3) is 0.500. The summed E-state index contributed by atoms with van der Waals surface area (Å²) in [6.07, 6.45) is -3.39. The summed E-state index contributed by atoms with van der Waals surface area (Å²) >= 11 is 1.84. The smallest absolute Gasteiger partial charge is 0.398 e. The summed E-state index contributed by atoms with van der Waals surface area (Å²) in [6.45, 7) is 1.58. The largest absolute Gasteiger partial charge is 0.418 e. The Hall–Kier alpha value is -1.04. The lowest BCUT2D eigenvalue weighted by atomic mass is 10.1. The van der Waals surface area contributed by atoms with Gasteiger partial charge in [-0.3, -0.25) is 0 Å². The zero-order valence-corrected chi connectivity index (χ0v) is 10.7. The van der Waals surface area contributed by atoms with Crippen molar-refractivity contribution in [2.24, 2.45) is 0 Å². The number of hydrogen-bond donors (Lipinski definition) is 1. The number of thioether (sulfide) groups is 1. The van der Waals surface area contributed by atoms with Gasteiger partial charge in [0.25, 0.3) is 0 Å². The number of anilines is 2. The minimum absolute atomic E-state index is 0.213. The molecule has 0 aromatic heterocycles. The lowest BCUT2D eigenvalue weighted by molar-refractivity contribution is -0.136. The lowest BCUT2D eigenvalue weighted by Crippen LogP contribution is -2.26. The summed E-state index contributed by atoms with van der Waals surface area (Å²) in [5, 5.41) is 0. The van der Waals surface area contributed by atoms with Crippen LogP contribution in [0.1, 0.15) is 12.0 Å². The molecule has 0 atom stereocenters. The van der Waals surface area contributed by atoms with Gasteiger partial charge in [-0.05, 0) is 30.4 Å². The Bertz CT molecular complexity index is 412. The molecule has 2 nitrogen and oxygen atoms in total. The average molecular weight is 276 g/mol. The molecule has 0 radical (unpaired) electrons. The number of alkyl halides is 3. The van der Waals surface area contributed by atoms with Crippen molar-refractivity contribution in [1.29, 1.82) is 0 Å². The summed E-state index contributed by atoms with van der Waals surface area (Å²) in [7, 11) is 0. The molecular weight excluding hydrogens is 261 g/mol. The topological polar surface area (TPSA) is 29.3 Å². The van der Waals surface area contributed by atoms with Crippen molar-refractivity contribution in [3.05, 3.63) is 23.8 Å². The summed E-state index contributed by atoms with van der Waals surface area (Å²) in [5.41, 5.74) is 5.05. The molecule has 1 aliphatic rings. The van der Waals surface area contributed by atoms with E-state index in [1.165, 1.54) is 6.07 Å². The van der Waals surface area contributed by atoms with Crippen LogP contribution in [0, 0.1) is 0 Å². The first-order valence-corrected chi connectivity index (χ1v) is 6.93. The molecule has 0 aliphatic carbocycles. The van der Waals surface area contributed by atoms with Crippen molar-refractivity contribution >= 4 is 23.1 Å². The van der Waals surface area contributed by atoms with Crippen molar-refractivity contribution in [1.82, 2.24) is 0 Å². The van der Waals surface area contributed by atoms with Crippen LogP contribution in [0.4, 0.5) is 24.5 Å². The number of benzene rings is 1. The van der Waals surface area contributed by atoms with E-state index in [0.717, 1.165) is 37.1 Å². The van der Waals surface area contributed by atoms with E-state index in [-0.39, 0.29) is 5.69 Å². The van der Waals surface area contributed by atoms with E-state index in [2.05, 4.69) is 0 Å². The number of hydrogen-bond acceptors (Lipinski definition) is 3. The highest BCUT2D eigenvalue weighted by Crippen LogP contribution is 2.36. The SMILES string of the molecule is Nc1ccc(N2CCCSCC2)cc1C(F)(F)F. The molecule has 1 aliphatic heterocycles. The Labute approximate surface area is 108 Å². The highest BCUT2D eigenvalue weighted by molar-refractivity contribution is 7.99. The van der Waals surface area contributed by atoms with Crippen LogP contribution in [0.5, 0.6) is 0 Å². The summed E-state index contributed by atoms with van der Waals surface area (Å²) in [4.78, 5) is 1.99. The van der Waals surface area contributed by atoms with Crippen molar-refractivity contribution in [3.63, 3.8) is 0 Å². The molecule has 1 saturated heterocycles. The van der Waals surface area contributed by atoms with E-state index in [1.54, 1.807) is 6.07 Å². The summed E-state index contributed by atoms with van der Waals surface area (Å²) in [6, 6.07) is 4.17. The van der Waals surface area contributed by atoms with E-state index >= 15 is 0 Å². The minimum Gasteiger partial charge on any atom is -0.398 e. The van der Waals surface area contributed by atoms with Crippen molar-refractivity contribution in [3.8, 4) is 0 Å². The van der Waals surface area contributed by atoms with Gasteiger partial charge in [0.05, 0.1) is 5.56 Å². The van der Waals surface area contributed by atoms with Gasteiger partial charge in [-0.15, -0.1) is 0 Å². The van der Waals surface area contributed by atoms with Gasteiger partial charge in [0.1, 0.15) is 0 Å². The minimum atomic E-state index is -4.39. The molecular formula is C12H15F3N2S. The molecule has 1 heterocycles. The van der Waals surface area contributed by atoms with Gasteiger partial charge in [0.2, 0.25) is 0 Å². The van der Waals surface area contributed by atoms with Gasteiger partial charge < -0.3 is 10.6 Å². The number of nitrogens with two attached hydrogens (primary N) is 1. The fourth-order valence-electron chi connectivity index (χ4n) is 1.99. The second-order valence-electron chi connectivity index (χ2n) is 4.22. The van der Waals surface area contributed by atoms with Gasteiger partial charge in [0.15, 0.2) is 0 Å². The average Bonchev–Trinajstić information content (AvgIpc) is 2.56. The zero-order valence-electron chi connectivity index (χ0n) is 9.83. The Morgan fingerprint density at radius 1 is 1.17 bits per heavy atom. The van der Waals surface area contributed by atoms with Crippen LogP contribution in [0.25, 0.3) is 0 Å². The monoisotopic (exact) mass is 276 g/mol. The lowest BCUT2D eigenvalue weighted by Gasteiger charge is -2.23. The van der Waals surface area contributed by atoms with E-state index in [0.29, 0.717) is 5.69 Å². The first-order chi connectivity index (χ1) is 8.48. The molecule has 18 heavy (non-hydrogen) atoms. The first-order valence-electron chi connectivity index (χ1n) is 5.78. The van der Waals surface area contributed by atoms with Gasteiger partial charge in [-0.1, -0.05) is 0 Å². The highest BCUT2D eigenvalue weighted by Gasteiger charge is 2.33. The van der Waals surface area contributed by atoms with Crippen LogP contribution >= 0.6 is 11.8 Å². The quantitative estimate of drug-likeness (QED) is 0.798. The Kier molecular flexibility index (Phi) is 3.94. The standard InChI is InChI=1S/C12H15F3N2S/c13-12(14,15)10-8-9(2-3-11(10)16)17-4-1-6-18-7-5-17/h2-3,8H,1,4-7,16H2. The second-order valence-corrected chi connectivity index (χ2v) is 5.45. The van der Waals surface area contributed by atoms with E-state index in [1.807, 2.05) is 16.7 Å². The van der Waals surface area contributed by atoms with Crippen LogP contribution in [-0.2, 0) is 6.18 Å². The second kappa shape index (κ2) is 5.30. The van der Waals surface area contributed by atoms with Crippen LogP contribution in [0.3, 0.4) is 0 Å². The maximum absolute atomic E-state index is 12.8. The van der Waals surface area contributed by atoms with Crippen molar-refractivity contribution in [2.75, 3.05) is 35.2 Å². The predicted octanol–water partition coefficient (Wildman–Crippen LogP) is 3.23. The Morgan fingerprint density at radius 2 is 1.94 bits per heavy atom. The van der Waals surface area contributed by atoms with Crippen LogP contribution in [0.15, 0.2) is 18.2 Å². The third-order valence-electron chi connectivity index (χ3n) is 2.93. The third-order valence-corrected chi connectivity index (χ3v) is 3.98. The maximum Gasteiger partial charge on any atom is 0.418 e. The molecule has 0 saturated carbocycles.